The summed E-state index contributed by atoms with van der Waals surface area (Å²) < 4.78 is 6.13. The molecule has 0 saturated heterocycles. The van der Waals surface area contributed by atoms with E-state index in [1.165, 1.54) is 16.0 Å². The first kappa shape index (κ1) is 14.6. The van der Waals surface area contributed by atoms with Crippen molar-refractivity contribution in [3.8, 4) is 5.75 Å². The third-order valence-electron chi connectivity index (χ3n) is 3.90. The summed E-state index contributed by atoms with van der Waals surface area (Å²) >= 11 is 1.83. The zero-order valence-corrected chi connectivity index (χ0v) is 13.8. The fourth-order valence-electron chi connectivity index (χ4n) is 2.91. The van der Waals surface area contributed by atoms with Crippen LogP contribution >= 0.6 is 11.3 Å². The van der Waals surface area contributed by atoms with Crippen LogP contribution in [-0.2, 0) is 19.4 Å². The molecule has 0 spiro atoms. The van der Waals surface area contributed by atoms with Crippen molar-refractivity contribution in [1.82, 2.24) is 5.32 Å². The first-order chi connectivity index (χ1) is 10.0. The molecule has 2 heterocycles. The van der Waals surface area contributed by atoms with Crippen LogP contribution in [0.4, 0.5) is 0 Å². The second kappa shape index (κ2) is 5.82. The summed E-state index contributed by atoms with van der Waals surface area (Å²) in [7, 11) is 0. The van der Waals surface area contributed by atoms with Crippen LogP contribution in [0.15, 0.2) is 35.7 Å². The molecule has 0 bridgehead atoms. The van der Waals surface area contributed by atoms with E-state index in [1.807, 2.05) is 11.3 Å². The molecule has 0 aliphatic carbocycles. The summed E-state index contributed by atoms with van der Waals surface area (Å²) in [5.74, 6) is 1.10. The molecule has 1 N–H and O–H groups in total. The van der Waals surface area contributed by atoms with Gasteiger partial charge in [-0.15, -0.1) is 11.3 Å². The van der Waals surface area contributed by atoms with Crippen molar-refractivity contribution in [2.24, 2.45) is 0 Å². The van der Waals surface area contributed by atoms with Gasteiger partial charge in [-0.3, -0.25) is 0 Å². The van der Waals surface area contributed by atoms with Crippen molar-refractivity contribution in [1.29, 1.82) is 0 Å². The van der Waals surface area contributed by atoms with Gasteiger partial charge in [0.2, 0.25) is 0 Å². The van der Waals surface area contributed by atoms with E-state index in [-0.39, 0.29) is 5.60 Å². The zero-order valence-electron chi connectivity index (χ0n) is 13.0. The smallest absolute Gasteiger partial charge is 0.127 e. The van der Waals surface area contributed by atoms with E-state index >= 15 is 0 Å². The van der Waals surface area contributed by atoms with E-state index in [4.69, 9.17) is 4.74 Å². The molecule has 1 atom stereocenters. The highest BCUT2D eigenvalue weighted by Gasteiger charge is 2.31. The molecule has 0 saturated carbocycles. The second-order valence-corrected chi connectivity index (χ2v) is 7.54. The molecule has 1 aromatic carbocycles. The molecule has 1 unspecified atom stereocenters. The van der Waals surface area contributed by atoms with Gasteiger partial charge in [-0.25, -0.2) is 0 Å². The van der Waals surface area contributed by atoms with Crippen molar-refractivity contribution in [3.63, 3.8) is 0 Å². The minimum Gasteiger partial charge on any atom is -0.487 e. The fraction of sp³-hybridized carbons (Fsp3) is 0.444. The normalized spacial score (nSPS) is 17.3. The molecule has 1 aliphatic rings. The Balaban J connectivity index is 1.63. The summed E-state index contributed by atoms with van der Waals surface area (Å²) in [5, 5.41) is 5.76. The average molecular weight is 301 g/mol. The van der Waals surface area contributed by atoms with Gasteiger partial charge < -0.3 is 10.1 Å². The number of thiophene rings is 1. The van der Waals surface area contributed by atoms with Crippen molar-refractivity contribution < 1.29 is 4.74 Å². The Bertz CT molecular complexity index is 604. The van der Waals surface area contributed by atoms with Crippen LogP contribution in [0, 0.1) is 0 Å². The predicted molar refractivity (Wildman–Crippen MR) is 89.2 cm³/mol. The van der Waals surface area contributed by atoms with Crippen LogP contribution in [0.3, 0.4) is 0 Å². The van der Waals surface area contributed by atoms with E-state index in [9.17, 15) is 0 Å². The first-order valence-electron chi connectivity index (χ1n) is 7.59. The van der Waals surface area contributed by atoms with Gasteiger partial charge in [0.15, 0.2) is 0 Å². The summed E-state index contributed by atoms with van der Waals surface area (Å²) in [5.41, 5.74) is 2.54. The second-order valence-electron chi connectivity index (χ2n) is 6.51. The third kappa shape index (κ3) is 3.47. The average Bonchev–Trinajstić information content (AvgIpc) is 3.01. The van der Waals surface area contributed by atoms with Crippen LogP contribution in [0.5, 0.6) is 5.75 Å². The minimum absolute atomic E-state index is 0.0684. The van der Waals surface area contributed by atoms with Gasteiger partial charge in [-0.05, 0) is 44.2 Å². The minimum atomic E-state index is -0.0684. The van der Waals surface area contributed by atoms with Crippen LogP contribution in [0.2, 0.25) is 0 Å². The molecule has 1 aromatic heterocycles. The maximum atomic E-state index is 6.13. The molecule has 3 heteroatoms. The number of fused-ring (bicyclic) bond motifs is 1. The Hall–Kier alpha value is -1.32. The van der Waals surface area contributed by atoms with Gasteiger partial charge in [0.1, 0.15) is 11.4 Å². The Morgan fingerprint density at radius 3 is 2.90 bits per heavy atom. The number of hydrogen-bond donors (Lipinski definition) is 1. The maximum absolute atomic E-state index is 6.13. The number of hydrogen-bond acceptors (Lipinski definition) is 3. The molecule has 2 nitrogen and oxygen atoms in total. The highest BCUT2D eigenvalue weighted by molar-refractivity contribution is 7.09. The Labute approximate surface area is 131 Å². The zero-order chi connectivity index (χ0) is 14.9. The van der Waals surface area contributed by atoms with Crippen LogP contribution < -0.4 is 10.1 Å². The predicted octanol–water partition coefficient (Wildman–Crippen LogP) is 4.18. The fourth-order valence-corrected chi connectivity index (χ4v) is 3.74. The molecule has 21 heavy (non-hydrogen) atoms. The standard InChI is InChI=1S/C18H23NOS/c1-13(10-16-8-5-9-21-16)19-12-15-7-4-6-14-11-18(2,3)20-17(14)15/h4-9,13,19H,10-12H2,1-3H3. The topological polar surface area (TPSA) is 21.3 Å². The molecule has 1 aliphatic heterocycles. The van der Waals surface area contributed by atoms with Gasteiger partial charge in [-0.1, -0.05) is 24.3 Å². The molecule has 3 rings (SSSR count). The summed E-state index contributed by atoms with van der Waals surface area (Å²) in [4.78, 5) is 1.44. The number of rotatable bonds is 5. The monoisotopic (exact) mass is 301 g/mol. The summed E-state index contributed by atoms with van der Waals surface area (Å²) in [6, 6.07) is 11.3. The lowest BCUT2D eigenvalue weighted by Gasteiger charge is -2.19. The van der Waals surface area contributed by atoms with Gasteiger partial charge in [0.25, 0.3) is 0 Å². The van der Waals surface area contributed by atoms with E-state index in [0.29, 0.717) is 6.04 Å². The molecular weight excluding hydrogens is 278 g/mol. The van der Waals surface area contributed by atoms with Crippen LogP contribution in [0.1, 0.15) is 36.8 Å². The largest absolute Gasteiger partial charge is 0.487 e. The lowest BCUT2D eigenvalue weighted by molar-refractivity contribution is 0.137. The quantitative estimate of drug-likeness (QED) is 0.894. The van der Waals surface area contributed by atoms with Crippen molar-refractivity contribution in [2.75, 3.05) is 0 Å². The lowest BCUT2D eigenvalue weighted by Crippen LogP contribution is -2.28. The summed E-state index contributed by atoms with van der Waals surface area (Å²) in [6.45, 7) is 7.42. The van der Waals surface area contributed by atoms with Gasteiger partial charge in [0.05, 0.1) is 0 Å². The Morgan fingerprint density at radius 2 is 2.14 bits per heavy atom. The van der Waals surface area contributed by atoms with E-state index in [0.717, 1.165) is 25.1 Å². The third-order valence-corrected chi connectivity index (χ3v) is 4.80. The lowest BCUT2D eigenvalue weighted by atomic mass is 10.0. The van der Waals surface area contributed by atoms with Gasteiger partial charge >= 0.3 is 0 Å². The van der Waals surface area contributed by atoms with Crippen molar-refractivity contribution in [2.45, 2.75) is 51.8 Å². The molecule has 112 valence electrons. The highest BCUT2D eigenvalue weighted by atomic mass is 32.1. The first-order valence-corrected chi connectivity index (χ1v) is 8.47. The van der Waals surface area contributed by atoms with Crippen LogP contribution in [-0.4, -0.2) is 11.6 Å². The molecule has 2 aromatic rings. The number of para-hydroxylation sites is 1. The molecular formula is C18H23NOS. The Morgan fingerprint density at radius 1 is 1.29 bits per heavy atom. The SMILES string of the molecule is CC(Cc1cccs1)NCc1cccc2c1OC(C)(C)C2. The molecule has 0 fully saturated rings. The van der Waals surface area contributed by atoms with Crippen LogP contribution in [0.25, 0.3) is 0 Å². The van der Waals surface area contributed by atoms with Crippen molar-refractivity contribution >= 4 is 11.3 Å². The van der Waals surface area contributed by atoms with E-state index in [1.54, 1.807) is 0 Å². The molecule has 0 radical (unpaired) electrons. The summed E-state index contributed by atoms with van der Waals surface area (Å²) in [6.07, 6.45) is 2.08. The van der Waals surface area contributed by atoms with Gasteiger partial charge in [-0.2, -0.15) is 0 Å². The van der Waals surface area contributed by atoms with Crippen molar-refractivity contribution in [3.05, 3.63) is 51.7 Å². The van der Waals surface area contributed by atoms with E-state index in [2.05, 4.69) is 61.8 Å². The maximum Gasteiger partial charge on any atom is 0.127 e. The van der Waals surface area contributed by atoms with Gasteiger partial charge in [0, 0.05) is 29.4 Å². The number of nitrogens with one attached hydrogen (secondary N) is 1. The molecule has 0 amide bonds. The Kier molecular flexibility index (Phi) is 4.05. The number of benzene rings is 1. The highest BCUT2D eigenvalue weighted by Crippen LogP contribution is 2.37. The van der Waals surface area contributed by atoms with E-state index < -0.39 is 0 Å². The number of ether oxygens (including phenoxy) is 1.